The minimum Gasteiger partial charge on any atom is -0.489 e. The second-order valence-corrected chi connectivity index (χ2v) is 5.69. The maximum Gasteiger partial charge on any atom is 0.243 e. The molecule has 1 N–H and O–H groups in total. The standard InChI is InChI=1S/C20H20N4O/c1-15-11-16(2)23-20(22-15)24-21-13-18-9-6-10-19(12-18)25-14-17-7-4-3-5-8-17/h3-13H,14H2,1-2H3,(H,22,23,24)/b21-13+. The van der Waals surface area contributed by atoms with Gasteiger partial charge in [-0.05, 0) is 43.2 Å². The van der Waals surface area contributed by atoms with E-state index in [1.807, 2.05) is 74.5 Å². The Hall–Kier alpha value is -3.21. The summed E-state index contributed by atoms with van der Waals surface area (Å²) in [6.07, 6.45) is 1.72. The molecule has 0 saturated carbocycles. The molecule has 5 nitrogen and oxygen atoms in total. The molecule has 3 aromatic rings. The van der Waals surface area contributed by atoms with Crippen LogP contribution in [-0.4, -0.2) is 16.2 Å². The van der Waals surface area contributed by atoms with Crippen molar-refractivity contribution in [2.45, 2.75) is 20.5 Å². The number of hydrogen-bond acceptors (Lipinski definition) is 5. The summed E-state index contributed by atoms with van der Waals surface area (Å²) in [5, 5.41) is 4.20. The number of nitrogens with one attached hydrogen (secondary N) is 1. The monoisotopic (exact) mass is 332 g/mol. The lowest BCUT2D eigenvalue weighted by molar-refractivity contribution is 0.306. The Balaban J connectivity index is 1.61. The van der Waals surface area contributed by atoms with Crippen molar-refractivity contribution in [1.29, 1.82) is 0 Å². The van der Waals surface area contributed by atoms with Crippen molar-refractivity contribution in [2.75, 3.05) is 5.43 Å². The van der Waals surface area contributed by atoms with E-state index in [1.165, 1.54) is 0 Å². The van der Waals surface area contributed by atoms with E-state index >= 15 is 0 Å². The average molecular weight is 332 g/mol. The lowest BCUT2D eigenvalue weighted by Gasteiger charge is -2.06. The van der Waals surface area contributed by atoms with Crippen molar-refractivity contribution >= 4 is 12.2 Å². The molecule has 5 heteroatoms. The number of hydrogen-bond donors (Lipinski definition) is 1. The van der Waals surface area contributed by atoms with Crippen LogP contribution in [0.15, 0.2) is 65.8 Å². The number of anilines is 1. The molecule has 0 radical (unpaired) electrons. The molecule has 0 fully saturated rings. The number of nitrogens with zero attached hydrogens (tertiary/aromatic N) is 3. The third kappa shape index (κ3) is 5.14. The van der Waals surface area contributed by atoms with Gasteiger partial charge in [-0.2, -0.15) is 5.10 Å². The van der Waals surface area contributed by atoms with Crippen molar-refractivity contribution in [3.63, 3.8) is 0 Å². The fourth-order valence-corrected chi connectivity index (χ4v) is 2.37. The van der Waals surface area contributed by atoms with Gasteiger partial charge in [-0.3, -0.25) is 0 Å². The molecule has 2 aromatic carbocycles. The molecule has 0 spiro atoms. The highest BCUT2D eigenvalue weighted by Gasteiger charge is 1.99. The molecule has 126 valence electrons. The predicted molar refractivity (Wildman–Crippen MR) is 99.9 cm³/mol. The van der Waals surface area contributed by atoms with Crippen molar-refractivity contribution < 1.29 is 4.74 Å². The van der Waals surface area contributed by atoms with Gasteiger partial charge in [-0.1, -0.05) is 42.5 Å². The van der Waals surface area contributed by atoms with E-state index < -0.39 is 0 Å². The molecule has 0 unspecified atom stereocenters. The zero-order valence-electron chi connectivity index (χ0n) is 14.3. The molecular formula is C20H20N4O. The molecule has 0 aliphatic carbocycles. The highest BCUT2D eigenvalue weighted by atomic mass is 16.5. The van der Waals surface area contributed by atoms with Gasteiger partial charge in [0.25, 0.3) is 0 Å². The van der Waals surface area contributed by atoms with E-state index in [4.69, 9.17) is 4.74 Å². The van der Waals surface area contributed by atoms with E-state index in [9.17, 15) is 0 Å². The molecule has 25 heavy (non-hydrogen) atoms. The molecule has 0 aliphatic heterocycles. The highest BCUT2D eigenvalue weighted by Crippen LogP contribution is 2.14. The molecule has 1 heterocycles. The van der Waals surface area contributed by atoms with Crippen LogP contribution < -0.4 is 10.2 Å². The summed E-state index contributed by atoms with van der Waals surface area (Å²) in [7, 11) is 0. The van der Waals surface area contributed by atoms with Crippen LogP contribution in [-0.2, 0) is 6.61 Å². The quantitative estimate of drug-likeness (QED) is 0.545. The van der Waals surface area contributed by atoms with Gasteiger partial charge in [0.05, 0.1) is 6.21 Å². The van der Waals surface area contributed by atoms with Crippen molar-refractivity contribution in [3.05, 3.63) is 83.2 Å². The van der Waals surface area contributed by atoms with Crippen LogP contribution in [0.1, 0.15) is 22.5 Å². The van der Waals surface area contributed by atoms with Crippen molar-refractivity contribution in [3.8, 4) is 5.75 Å². The van der Waals surface area contributed by atoms with Gasteiger partial charge in [0.1, 0.15) is 12.4 Å². The third-order valence-electron chi connectivity index (χ3n) is 3.47. The molecule has 0 saturated heterocycles. The zero-order valence-corrected chi connectivity index (χ0v) is 14.3. The van der Waals surface area contributed by atoms with E-state index in [0.29, 0.717) is 12.6 Å². The molecule has 0 aliphatic rings. The number of ether oxygens (including phenoxy) is 1. The van der Waals surface area contributed by atoms with Crippen LogP contribution in [0.4, 0.5) is 5.95 Å². The lowest BCUT2D eigenvalue weighted by Crippen LogP contribution is -2.00. The van der Waals surface area contributed by atoms with Gasteiger partial charge < -0.3 is 4.74 Å². The predicted octanol–water partition coefficient (Wildman–Crippen LogP) is 4.12. The summed E-state index contributed by atoms with van der Waals surface area (Å²) in [6.45, 7) is 4.39. The Morgan fingerprint density at radius 2 is 1.72 bits per heavy atom. The fourth-order valence-electron chi connectivity index (χ4n) is 2.37. The van der Waals surface area contributed by atoms with Gasteiger partial charge in [-0.15, -0.1) is 0 Å². The first-order chi connectivity index (χ1) is 12.2. The summed E-state index contributed by atoms with van der Waals surface area (Å²) < 4.78 is 5.82. The third-order valence-corrected chi connectivity index (χ3v) is 3.47. The average Bonchev–Trinajstić information content (AvgIpc) is 2.60. The number of rotatable bonds is 6. The van der Waals surface area contributed by atoms with Crippen LogP contribution >= 0.6 is 0 Å². The van der Waals surface area contributed by atoms with Crippen LogP contribution in [0.25, 0.3) is 0 Å². The Morgan fingerprint density at radius 1 is 0.960 bits per heavy atom. The zero-order chi connectivity index (χ0) is 17.5. The molecule has 0 amide bonds. The molecular weight excluding hydrogens is 312 g/mol. The maximum absolute atomic E-state index is 5.82. The largest absolute Gasteiger partial charge is 0.489 e. The van der Waals surface area contributed by atoms with Crippen LogP contribution in [0.5, 0.6) is 5.75 Å². The van der Waals surface area contributed by atoms with Crippen LogP contribution in [0, 0.1) is 13.8 Å². The lowest BCUT2D eigenvalue weighted by atomic mass is 10.2. The summed E-state index contributed by atoms with van der Waals surface area (Å²) >= 11 is 0. The Labute approximate surface area is 147 Å². The number of aromatic nitrogens is 2. The minimum atomic E-state index is 0.491. The van der Waals surface area contributed by atoms with E-state index in [0.717, 1.165) is 28.3 Å². The first-order valence-electron chi connectivity index (χ1n) is 8.07. The van der Waals surface area contributed by atoms with Gasteiger partial charge >= 0.3 is 0 Å². The topological polar surface area (TPSA) is 59.4 Å². The Bertz CT molecular complexity index is 842. The number of aryl methyl sites for hydroxylation is 2. The van der Waals surface area contributed by atoms with Gasteiger partial charge in [-0.25, -0.2) is 15.4 Å². The second-order valence-electron chi connectivity index (χ2n) is 5.69. The van der Waals surface area contributed by atoms with Crippen molar-refractivity contribution in [1.82, 2.24) is 9.97 Å². The van der Waals surface area contributed by atoms with E-state index in [1.54, 1.807) is 6.21 Å². The van der Waals surface area contributed by atoms with Gasteiger partial charge in [0.2, 0.25) is 5.95 Å². The number of benzene rings is 2. The van der Waals surface area contributed by atoms with Gasteiger partial charge in [0, 0.05) is 11.4 Å². The fraction of sp³-hybridized carbons (Fsp3) is 0.150. The summed E-state index contributed by atoms with van der Waals surface area (Å²) in [5.41, 5.74) is 6.73. The molecule has 0 bridgehead atoms. The summed E-state index contributed by atoms with van der Waals surface area (Å²) in [4.78, 5) is 8.57. The SMILES string of the molecule is Cc1cc(C)nc(N/N=C/c2cccc(OCc3ccccc3)c2)n1. The van der Waals surface area contributed by atoms with Gasteiger partial charge in [0.15, 0.2) is 0 Å². The first kappa shape index (κ1) is 16.6. The summed E-state index contributed by atoms with van der Waals surface area (Å²) in [6, 6.07) is 19.8. The minimum absolute atomic E-state index is 0.491. The normalized spacial score (nSPS) is 10.8. The summed E-state index contributed by atoms with van der Waals surface area (Å²) in [5.74, 6) is 1.29. The second kappa shape index (κ2) is 8.06. The molecule has 0 atom stereocenters. The molecule has 3 rings (SSSR count). The van der Waals surface area contributed by atoms with Crippen LogP contribution in [0.3, 0.4) is 0 Å². The Kier molecular flexibility index (Phi) is 5.36. The maximum atomic E-state index is 5.82. The van der Waals surface area contributed by atoms with E-state index in [2.05, 4.69) is 20.5 Å². The highest BCUT2D eigenvalue weighted by molar-refractivity contribution is 5.80. The number of hydrazone groups is 1. The van der Waals surface area contributed by atoms with Crippen LogP contribution in [0.2, 0.25) is 0 Å². The smallest absolute Gasteiger partial charge is 0.243 e. The molecule has 1 aromatic heterocycles. The Morgan fingerprint density at radius 3 is 2.48 bits per heavy atom. The first-order valence-corrected chi connectivity index (χ1v) is 8.07. The van der Waals surface area contributed by atoms with Crippen molar-refractivity contribution in [2.24, 2.45) is 5.10 Å². The van der Waals surface area contributed by atoms with E-state index in [-0.39, 0.29) is 0 Å².